The van der Waals surface area contributed by atoms with Crippen molar-refractivity contribution in [3.8, 4) is 0 Å². The molecule has 7 nitrogen and oxygen atoms in total. The maximum absolute atomic E-state index is 13.5. The molecule has 0 bridgehead atoms. The summed E-state index contributed by atoms with van der Waals surface area (Å²) in [5.41, 5.74) is 0.843. The van der Waals surface area contributed by atoms with Crippen LogP contribution in [0.2, 0.25) is 0 Å². The van der Waals surface area contributed by atoms with Gasteiger partial charge in [0.15, 0.2) is 0 Å². The van der Waals surface area contributed by atoms with Crippen molar-refractivity contribution in [1.29, 1.82) is 0 Å². The van der Waals surface area contributed by atoms with Crippen LogP contribution < -0.4 is 5.32 Å². The predicted octanol–water partition coefficient (Wildman–Crippen LogP) is 1.73. The topological polar surface area (TPSA) is 62.6 Å². The number of ether oxygens (including phenoxy) is 1. The highest BCUT2D eigenvalue weighted by atomic mass is 16.5. The molecule has 3 heterocycles. The van der Waals surface area contributed by atoms with Gasteiger partial charge in [0.2, 0.25) is 5.91 Å². The molecule has 0 unspecified atom stereocenters. The van der Waals surface area contributed by atoms with Gasteiger partial charge in [-0.3, -0.25) is 14.4 Å². The van der Waals surface area contributed by atoms with Gasteiger partial charge in [-0.1, -0.05) is 6.92 Å². The molecule has 1 saturated carbocycles. The molecule has 1 aromatic heterocycles. The van der Waals surface area contributed by atoms with Gasteiger partial charge in [0.25, 0.3) is 0 Å². The van der Waals surface area contributed by atoms with Crippen LogP contribution in [0, 0.1) is 11.3 Å². The van der Waals surface area contributed by atoms with Crippen molar-refractivity contribution in [2.24, 2.45) is 11.3 Å². The standard InChI is InChI=1S/C22H37N5O2/c1-3-25-8-6-19-13-20(26-9-11-29-12-10-26)5-7-22(19,17-25)21(28)23-14-18-15-24-27(4-2)16-18/h15-16,19-20H,3-14,17H2,1-2H3,(H,23,28)/t19-,20+,22-/m1/s1. The first-order valence-corrected chi connectivity index (χ1v) is 11.5. The molecule has 1 aliphatic carbocycles. The lowest BCUT2D eigenvalue weighted by Crippen LogP contribution is -2.60. The predicted molar refractivity (Wildman–Crippen MR) is 112 cm³/mol. The van der Waals surface area contributed by atoms with Gasteiger partial charge in [0, 0.05) is 50.5 Å². The Balaban J connectivity index is 1.45. The Bertz CT molecular complexity index is 686. The summed E-state index contributed by atoms with van der Waals surface area (Å²) in [4.78, 5) is 18.6. The number of rotatable bonds is 6. The summed E-state index contributed by atoms with van der Waals surface area (Å²) in [5.74, 6) is 0.732. The maximum atomic E-state index is 13.5. The van der Waals surface area contributed by atoms with Crippen molar-refractivity contribution in [3.05, 3.63) is 18.0 Å². The van der Waals surface area contributed by atoms with Crippen molar-refractivity contribution >= 4 is 5.91 Å². The fourth-order valence-corrected chi connectivity index (χ4v) is 5.66. The number of aromatic nitrogens is 2. The third kappa shape index (κ3) is 4.37. The summed E-state index contributed by atoms with van der Waals surface area (Å²) < 4.78 is 7.46. The van der Waals surface area contributed by atoms with E-state index in [9.17, 15) is 4.79 Å². The largest absolute Gasteiger partial charge is 0.379 e. The highest BCUT2D eigenvalue weighted by molar-refractivity contribution is 5.83. The number of hydrogen-bond donors (Lipinski definition) is 1. The Kier molecular flexibility index (Phi) is 6.56. The zero-order chi connectivity index (χ0) is 20.3. The van der Waals surface area contributed by atoms with E-state index in [1.165, 1.54) is 0 Å². The van der Waals surface area contributed by atoms with Gasteiger partial charge < -0.3 is 15.0 Å². The van der Waals surface area contributed by atoms with E-state index < -0.39 is 0 Å². The average Bonchev–Trinajstić information content (AvgIpc) is 3.25. The minimum absolute atomic E-state index is 0.238. The molecule has 1 N–H and O–H groups in total. The summed E-state index contributed by atoms with van der Waals surface area (Å²) in [6.45, 7) is 12.6. The fourth-order valence-electron chi connectivity index (χ4n) is 5.66. The van der Waals surface area contributed by atoms with Crippen LogP contribution in [-0.4, -0.2) is 77.5 Å². The van der Waals surface area contributed by atoms with Gasteiger partial charge in [0.1, 0.15) is 0 Å². The molecule has 0 spiro atoms. The number of aryl methyl sites for hydroxylation is 1. The Morgan fingerprint density at radius 2 is 2.07 bits per heavy atom. The van der Waals surface area contributed by atoms with Crippen molar-refractivity contribution in [3.63, 3.8) is 0 Å². The first-order valence-electron chi connectivity index (χ1n) is 11.5. The molecule has 2 saturated heterocycles. The Morgan fingerprint density at radius 3 is 2.79 bits per heavy atom. The van der Waals surface area contributed by atoms with E-state index in [1.807, 2.05) is 17.1 Å². The van der Waals surface area contributed by atoms with Crippen molar-refractivity contribution < 1.29 is 9.53 Å². The highest BCUT2D eigenvalue weighted by Crippen LogP contribution is 2.47. The van der Waals surface area contributed by atoms with E-state index in [2.05, 4.69) is 34.1 Å². The first-order chi connectivity index (χ1) is 14.1. The van der Waals surface area contributed by atoms with Crippen molar-refractivity contribution in [2.75, 3.05) is 45.9 Å². The maximum Gasteiger partial charge on any atom is 0.228 e. The highest BCUT2D eigenvalue weighted by Gasteiger charge is 2.52. The molecule has 162 valence electrons. The Morgan fingerprint density at radius 1 is 1.24 bits per heavy atom. The number of nitrogens with one attached hydrogen (secondary N) is 1. The Hall–Kier alpha value is -1.44. The molecule has 29 heavy (non-hydrogen) atoms. The second kappa shape index (κ2) is 9.14. The first kappa shape index (κ1) is 20.8. The van der Waals surface area contributed by atoms with E-state index in [1.54, 1.807) is 0 Å². The number of carbonyl (C=O) groups excluding carboxylic acids is 1. The molecular formula is C22H37N5O2. The van der Waals surface area contributed by atoms with Gasteiger partial charge >= 0.3 is 0 Å². The summed E-state index contributed by atoms with van der Waals surface area (Å²) in [6, 6.07) is 0.612. The summed E-state index contributed by atoms with van der Waals surface area (Å²) in [6.07, 6.45) is 8.30. The van der Waals surface area contributed by atoms with E-state index in [0.717, 1.165) is 83.7 Å². The second-order valence-corrected chi connectivity index (χ2v) is 8.97. The number of likely N-dealkylation sites (tertiary alicyclic amines) is 1. The SMILES string of the molecule is CCN1CC[C@@H]2C[C@@H](N3CCOCC3)CC[C@@]2(C(=O)NCc2cnn(CC)c2)C1. The van der Waals surface area contributed by atoms with Crippen molar-refractivity contribution in [1.82, 2.24) is 24.9 Å². The molecule has 3 atom stereocenters. The molecule has 0 aromatic carbocycles. The molecule has 0 radical (unpaired) electrons. The third-order valence-electron chi connectivity index (χ3n) is 7.49. The summed E-state index contributed by atoms with van der Waals surface area (Å²) in [7, 11) is 0. The van der Waals surface area contributed by atoms with Crippen LogP contribution in [0.1, 0.15) is 45.1 Å². The lowest BCUT2D eigenvalue weighted by molar-refractivity contribution is -0.145. The molecule has 2 aliphatic heterocycles. The quantitative estimate of drug-likeness (QED) is 0.784. The zero-order valence-corrected chi connectivity index (χ0v) is 18.1. The van der Waals surface area contributed by atoms with E-state index in [-0.39, 0.29) is 11.3 Å². The fraction of sp³-hybridized carbons (Fsp3) is 0.818. The summed E-state index contributed by atoms with van der Waals surface area (Å²) >= 11 is 0. The number of nitrogens with zero attached hydrogens (tertiary/aromatic N) is 4. The molecule has 1 aromatic rings. The van der Waals surface area contributed by atoms with Gasteiger partial charge in [-0.2, -0.15) is 5.10 Å². The van der Waals surface area contributed by atoms with Gasteiger partial charge in [-0.25, -0.2) is 0 Å². The van der Waals surface area contributed by atoms with Gasteiger partial charge in [0.05, 0.1) is 24.8 Å². The van der Waals surface area contributed by atoms with E-state index in [4.69, 9.17) is 4.74 Å². The van der Waals surface area contributed by atoms with Crippen LogP contribution in [0.3, 0.4) is 0 Å². The van der Waals surface area contributed by atoms with Crippen LogP contribution in [0.4, 0.5) is 0 Å². The molecular weight excluding hydrogens is 366 g/mol. The lowest BCUT2D eigenvalue weighted by atomic mass is 9.61. The zero-order valence-electron chi connectivity index (χ0n) is 18.1. The minimum Gasteiger partial charge on any atom is -0.379 e. The summed E-state index contributed by atoms with van der Waals surface area (Å²) in [5, 5.41) is 7.62. The van der Waals surface area contributed by atoms with E-state index >= 15 is 0 Å². The Labute approximate surface area is 174 Å². The molecule has 4 rings (SSSR count). The lowest BCUT2D eigenvalue weighted by Gasteiger charge is -2.53. The van der Waals surface area contributed by atoms with Crippen LogP contribution in [0.15, 0.2) is 12.4 Å². The normalized spacial score (nSPS) is 31.4. The number of carbonyl (C=O) groups is 1. The van der Waals surface area contributed by atoms with Crippen LogP contribution >= 0.6 is 0 Å². The number of hydrogen-bond acceptors (Lipinski definition) is 5. The minimum atomic E-state index is -0.238. The van der Waals surface area contributed by atoms with Gasteiger partial charge in [-0.15, -0.1) is 0 Å². The molecule has 1 amide bonds. The number of morpholine rings is 1. The van der Waals surface area contributed by atoms with Crippen LogP contribution in [0.5, 0.6) is 0 Å². The smallest absolute Gasteiger partial charge is 0.228 e. The van der Waals surface area contributed by atoms with Crippen LogP contribution in [-0.2, 0) is 22.6 Å². The number of amides is 1. The third-order valence-corrected chi connectivity index (χ3v) is 7.49. The van der Waals surface area contributed by atoms with Crippen molar-refractivity contribution in [2.45, 2.75) is 58.7 Å². The average molecular weight is 404 g/mol. The monoisotopic (exact) mass is 403 g/mol. The molecule has 3 fully saturated rings. The number of piperidine rings is 1. The molecule has 7 heteroatoms. The van der Waals surface area contributed by atoms with Gasteiger partial charge in [-0.05, 0) is 51.6 Å². The van der Waals surface area contributed by atoms with E-state index in [0.29, 0.717) is 18.5 Å². The van der Waals surface area contributed by atoms with Crippen LogP contribution in [0.25, 0.3) is 0 Å². The second-order valence-electron chi connectivity index (χ2n) is 8.97. The number of fused-ring (bicyclic) bond motifs is 1. The molecule has 3 aliphatic rings.